The number of hydrogen-bond donors (Lipinski definition) is 1. The van der Waals surface area contributed by atoms with Crippen molar-refractivity contribution in [2.24, 2.45) is 5.41 Å². The van der Waals surface area contributed by atoms with E-state index in [0.29, 0.717) is 6.42 Å². The van der Waals surface area contributed by atoms with E-state index in [1.54, 1.807) is 0 Å². The Balaban J connectivity index is 1.25. The molecule has 0 spiro atoms. The summed E-state index contributed by atoms with van der Waals surface area (Å²) in [6, 6.07) is 10.0. The molecule has 5 rings (SSSR count). The molecule has 0 aromatic heterocycles. The van der Waals surface area contributed by atoms with Gasteiger partial charge in [0.2, 0.25) is 0 Å². The van der Waals surface area contributed by atoms with Crippen LogP contribution in [-0.2, 0) is 11.2 Å². The number of aryl methyl sites for hydroxylation is 2. The van der Waals surface area contributed by atoms with Crippen LogP contribution in [0.2, 0.25) is 5.02 Å². The molecular weight excluding hydrogens is 405 g/mol. The number of amides is 1. The maximum absolute atomic E-state index is 13.4. The van der Waals surface area contributed by atoms with Crippen molar-refractivity contribution in [3.8, 4) is 5.75 Å². The molecule has 2 bridgehead atoms. The highest BCUT2D eigenvalue weighted by Gasteiger charge is 2.68. The molecule has 0 heterocycles. The Bertz CT molecular complexity index is 1000. The van der Waals surface area contributed by atoms with Gasteiger partial charge in [-0.2, -0.15) is 0 Å². The van der Waals surface area contributed by atoms with Crippen LogP contribution in [0.4, 0.5) is 4.39 Å². The minimum atomic E-state index is -0.583. The number of ether oxygens (including phenoxy) is 1. The number of Topliss-reactive ketones (excluding diaryl/α,β-unsaturated/α-hetero) is 1. The van der Waals surface area contributed by atoms with Gasteiger partial charge in [0.25, 0.3) is 5.91 Å². The molecule has 6 heteroatoms. The van der Waals surface area contributed by atoms with E-state index in [2.05, 4.69) is 19.2 Å². The van der Waals surface area contributed by atoms with Gasteiger partial charge in [0.05, 0.1) is 5.02 Å². The van der Waals surface area contributed by atoms with Gasteiger partial charge in [-0.15, -0.1) is 0 Å². The Labute approximate surface area is 180 Å². The maximum Gasteiger partial charge on any atom is 0.258 e. The summed E-state index contributed by atoms with van der Waals surface area (Å²) in [5.41, 5.74) is 3.01. The van der Waals surface area contributed by atoms with Crippen LogP contribution in [0.25, 0.3) is 0 Å². The van der Waals surface area contributed by atoms with E-state index < -0.39 is 5.82 Å². The Morgan fingerprint density at radius 3 is 2.57 bits per heavy atom. The van der Waals surface area contributed by atoms with E-state index in [9.17, 15) is 14.0 Å². The molecular formula is C24H25ClFNO3. The van der Waals surface area contributed by atoms with E-state index in [1.165, 1.54) is 23.3 Å². The number of nitrogens with one attached hydrogen (secondary N) is 1. The summed E-state index contributed by atoms with van der Waals surface area (Å²) in [5.74, 6) is -0.384. The first-order valence-corrected chi connectivity index (χ1v) is 10.6. The van der Waals surface area contributed by atoms with Crippen molar-refractivity contribution >= 4 is 23.3 Å². The summed E-state index contributed by atoms with van der Waals surface area (Å²) in [5, 5.41) is 3.03. The van der Waals surface area contributed by atoms with E-state index in [-0.39, 0.29) is 40.0 Å². The first kappa shape index (κ1) is 20.9. The van der Waals surface area contributed by atoms with Crippen molar-refractivity contribution in [1.29, 1.82) is 0 Å². The molecule has 0 saturated heterocycles. The SMILES string of the molecule is CCc1cc(C(=O)CC23CC(NC(=O)COc4ccc(Cl)c(F)c4)(C2)C3)ccc1C. The lowest BCUT2D eigenvalue weighted by atomic mass is 9.38. The third-order valence-corrected chi connectivity index (χ3v) is 6.70. The summed E-state index contributed by atoms with van der Waals surface area (Å²) in [6.07, 6.45) is 3.90. The molecule has 0 aliphatic heterocycles. The molecule has 1 N–H and O–H groups in total. The Kier molecular flexibility index (Phi) is 5.35. The highest BCUT2D eigenvalue weighted by molar-refractivity contribution is 6.30. The molecule has 0 radical (unpaired) electrons. The van der Waals surface area contributed by atoms with Crippen LogP contribution >= 0.6 is 11.6 Å². The van der Waals surface area contributed by atoms with Crippen LogP contribution in [0.15, 0.2) is 36.4 Å². The van der Waals surface area contributed by atoms with Gasteiger partial charge in [-0.1, -0.05) is 30.7 Å². The molecule has 4 nitrogen and oxygen atoms in total. The van der Waals surface area contributed by atoms with Crippen molar-refractivity contribution in [1.82, 2.24) is 5.32 Å². The van der Waals surface area contributed by atoms with Crippen molar-refractivity contribution in [3.63, 3.8) is 0 Å². The minimum absolute atomic E-state index is 0.0112. The largest absolute Gasteiger partial charge is 0.484 e. The fourth-order valence-electron chi connectivity index (χ4n) is 5.03. The maximum atomic E-state index is 13.4. The Morgan fingerprint density at radius 2 is 1.90 bits per heavy atom. The summed E-state index contributed by atoms with van der Waals surface area (Å²) in [4.78, 5) is 25.0. The van der Waals surface area contributed by atoms with Crippen LogP contribution in [0.3, 0.4) is 0 Å². The second kappa shape index (κ2) is 7.69. The van der Waals surface area contributed by atoms with E-state index in [0.717, 1.165) is 37.3 Å². The Morgan fingerprint density at radius 1 is 1.17 bits per heavy atom. The Hall–Kier alpha value is -2.40. The van der Waals surface area contributed by atoms with Crippen LogP contribution in [0.5, 0.6) is 5.75 Å². The fourth-order valence-corrected chi connectivity index (χ4v) is 5.15. The lowest BCUT2D eigenvalue weighted by molar-refractivity contribution is -0.164. The predicted octanol–water partition coefficient (Wildman–Crippen LogP) is 5.04. The molecule has 3 saturated carbocycles. The molecule has 3 aliphatic carbocycles. The van der Waals surface area contributed by atoms with Gasteiger partial charge in [-0.25, -0.2) is 4.39 Å². The summed E-state index contributed by atoms with van der Waals surface area (Å²) in [7, 11) is 0. The van der Waals surface area contributed by atoms with Crippen molar-refractivity contribution in [3.05, 3.63) is 63.9 Å². The standard InChI is InChI=1S/C24H25ClFNO3/c1-3-16-8-17(5-4-15(16)2)21(28)10-23-12-24(13-23,14-23)27-22(29)11-30-18-6-7-19(25)20(26)9-18/h4-9H,3,10-14H2,1-2H3,(H,27,29). The number of ketones is 1. The minimum Gasteiger partial charge on any atom is -0.484 e. The lowest BCUT2D eigenvalue weighted by Gasteiger charge is -2.70. The van der Waals surface area contributed by atoms with Gasteiger partial charge in [-0.05, 0) is 67.3 Å². The molecule has 30 heavy (non-hydrogen) atoms. The summed E-state index contributed by atoms with van der Waals surface area (Å²) >= 11 is 5.64. The molecule has 2 aromatic carbocycles. The lowest BCUT2D eigenvalue weighted by Crippen LogP contribution is -2.75. The van der Waals surface area contributed by atoms with Crippen LogP contribution in [0, 0.1) is 18.2 Å². The highest BCUT2D eigenvalue weighted by Crippen LogP contribution is 2.69. The third-order valence-electron chi connectivity index (χ3n) is 6.39. The average molecular weight is 430 g/mol. The quantitative estimate of drug-likeness (QED) is 0.598. The van der Waals surface area contributed by atoms with Crippen molar-refractivity contribution in [2.45, 2.75) is 51.5 Å². The second-order valence-electron chi connectivity index (χ2n) is 8.82. The molecule has 3 fully saturated rings. The molecule has 1 amide bonds. The van der Waals surface area contributed by atoms with Crippen LogP contribution in [-0.4, -0.2) is 23.8 Å². The molecule has 3 aliphatic rings. The monoisotopic (exact) mass is 429 g/mol. The number of rotatable bonds is 8. The van der Waals surface area contributed by atoms with E-state index in [1.807, 2.05) is 18.2 Å². The van der Waals surface area contributed by atoms with Gasteiger partial charge < -0.3 is 10.1 Å². The van der Waals surface area contributed by atoms with Crippen LogP contribution < -0.4 is 10.1 Å². The molecule has 2 aromatic rings. The molecule has 0 unspecified atom stereocenters. The van der Waals surface area contributed by atoms with Gasteiger partial charge in [0, 0.05) is 23.6 Å². The molecule has 158 valence electrons. The zero-order valence-corrected chi connectivity index (χ0v) is 17.9. The van der Waals surface area contributed by atoms with Gasteiger partial charge in [0.15, 0.2) is 12.4 Å². The van der Waals surface area contributed by atoms with Gasteiger partial charge >= 0.3 is 0 Å². The molecule has 0 atom stereocenters. The summed E-state index contributed by atoms with van der Waals surface area (Å²) < 4.78 is 18.8. The first-order valence-electron chi connectivity index (χ1n) is 10.2. The number of halogens is 2. The number of carbonyl (C=O) groups excluding carboxylic acids is 2. The third kappa shape index (κ3) is 3.95. The predicted molar refractivity (Wildman–Crippen MR) is 114 cm³/mol. The number of hydrogen-bond acceptors (Lipinski definition) is 3. The smallest absolute Gasteiger partial charge is 0.258 e. The van der Waals surface area contributed by atoms with Gasteiger partial charge in [0.1, 0.15) is 11.6 Å². The van der Waals surface area contributed by atoms with E-state index >= 15 is 0 Å². The van der Waals surface area contributed by atoms with Crippen LogP contribution in [0.1, 0.15) is 54.1 Å². The van der Waals surface area contributed by atoms with E-state index in [4.69, 9.17) is 16.3 Å². The number of benzene rings is 2. The normalized spacial score (nSPS) is 23.9. The first-order chi connectivity index (χ1) is 14.2. The second-order valence-corrected chi connectivity index (χ2v) is 9.23. The zero-order valence-electron chi connectivity index (χ0n) is 17.2. The average Bonchev–Trinajstić information content (AvgIpc) is 2.66. The van der Waals surface area contributed by atoms with Crippen molar-refractivity contribution < 1.29 is 18.7 Å². The van der Waals surface area contributed by atoms with Crippen molar-refractivity contribution in [2.75, 3.05) is 6.61 Å². The highest BCUT2D eigenvalue weighted by atomic mass is 35.5. The topological polar surface area (TPSA) is 55.4 Å². The zero-order chi connectivity index (χ0) is 21.5. The summed E-state index contributed by atoms with van der Waals surface area (Å²) in [6.45, 7) is 3.98. The number of carbonyl (C=O) groups is 2. The fraction of sp³-hybridized carbons (Fsp3) is 0.417. The van der Waals surface area contributed by atoms with Gasteiger partial charge in [-0.3, -0.25) is 9.59 Å².